The zero-order valence-electron chi connectivity index (χ0n) is 10.5. The second-order valence-electron chi connectivity index (χ2n) is 4.88. The average molecular weight is 284 g/mol. The minimum absolute atomic E-state index is 0.603. The van der Waals surface area contributed by atoms with Crippen LogP contribution in [-0.2, 0) is 6.54 Å². The van der Waals surface area contributed by atoms with Gasteiger partial charge in [-0.25, -0.2) is 0 Å². The molecule has 1 unspecified atom stereocenters. The van der Waals surface area contributed by atoms with Gasteiger partial charge in [-0.15, -0.1) is 0 Å². The van der Waals surface area contributed by atoms with E-state index in [2.05, 4.69) is 66.3 Å². The molecule has 0 saturated carbocycles. The van der Waals surface area contributed by atoms with Crippen molar-refractivity contribution in [1.82, 2.24) is 5.32 Å². The topological polar surface area (TPSA) is 12.0 Å². The smallest absolute Gasteiger partial charge is 0.0207 e. The minimum Gasteiger partial charge on any atom is -0.310 e. The number of halogens is 1. The van der Waals surface area contributed by atoms with Crippen LogP contribution in [0.5, 0.6) is 0 Å². The first kappa shape index (κ1) is 13.7. The van der Waals surface area contributed by atoms with Crippen molar-refractivity contribution in [3.05, 3.63) is 34.3 Å². The maximum absolute atomic E-state index is 3.56. The van der Waals surface area contributed by atoms with Crippen LogP contribution in [0.4, 0.5) is 0 Å². The lowest BCUT2D eigenvalue weighted by atomic mass is 10.0. The van der Waals surface area contributed by atoms with Crippen molar-refractivity contribution in [2.45, 2.75) is 46.2 Å². The van der Waals surface area contributed by atoms with Crippen molar-refractivity contribution in [2.24, 2.45) is 5.92 Å². The van der Waals surface area contributed by atoms with E-state index >= 15 is 0 Å². The van der Waals surface area contributed by atoms with Crippen LogP contribution in [0, 0.1) is 5.92 Å². The van der Waals surface area contributed by atoms with E-state index in [9.17, 15) is 0 Å². The number of hydrogen-bond acceptors (Lipinski definition) is 1. The lowest BCUT2D eigenvalue weighted by molar-refractivity contribution is 0.451. The highest BCUT2D eigenvalue weighted by atomic mass is 79.9. The molecule has 1 N–H and O–H groups in total. The molecule has 0 aromatic heterocycles. The summed E-state index contributed by atoms with van der Waals surface area (Å²) < 4.78 is 1.14. The monoisotopic (exact) mass is 283 g/mol. The molecule has 1 rings (SSSR count). The van der Waals surface area contributed by atoms with Gasteiger partial charge in [0.2, 0.25) is 0 Å². The number of nitrogens with one attached hydrogen (secondary N) is 1. The molecule has 0 heterocycles. The minimum atomic E-state index is 0.603. The normalized spacial score (nSPS) is 13.1. The predicted octanol–water partition coefficient (Wildman–Crippen LogP) is 4.36. The Morgan fingerprint density at radius 2 is 1.69 bits per heavy atom. The average Bonchev–Trinajstić information content (AvgIpc) is 2.25. The molecular weight excluding hydrogens is 262 g/mol. The highest BCUT2D eigenvalue weighted by Crippen LogP contribution is 2.11. The third-order valence-electron chi connectivity index (χ3n) is 2.74. The van der Waals surface area contributed by atoms with Crippen LogP contribution in [0.1, 0.15) is 39.2 Å². The summed E-state index contributed by atoms with van der Waals surface area (Å²) in [6.45, 7) is 7.79. The molecule has 1 nitrogen and oxygen atoms in total. The van der Waals surface area contributed by atoms with Crippen molar-refractivity contribution < 1.29 is 0 Å². The van der Waals surface area contributed by atoms with E-state index in [1.807, 2.05) is 0 Å². The Bertz CT molecular complexity index is 292. The highest BCUT2D eigenvalue weighted by molar-refractivity contribution is 9.10. The summed E-state index contributed by atoms with van der Waals surface area (Å²) in [5.41, 5.74) is 1.35. The van der Waals surface area contributed by atoms with E-state index in [1.54, 1.807) is 0 Å². The summed E-state index contributed by atoms with van der Waals surface area (Å²) in [6.07, 6.45) is 2.56. The highest BCUT2D eigenvalue weighted by Gasteiger charge is 2.03. The van der Waals surface area contributed by atoms with Crippen LogP contribution in [0.15, 0.2) is 28.7 Å². The molecule has 0 aliphatic rings. The van der Waals surface area contributed by atoms with E-state index in [0.29, 0.717) is 6.04 Å². The van der Waals surface area contributed by atoms with Gasteiger partial charge in [0.05, 0.1) is 0 Å². The molecular formula is C14H22BrN. The van der Waals surface area contributed by atoms with Crippen LogP contribution in [0.25, 0.3) is 0 Å². The Morgan fingerprint density at radius 3 is 2.25 bits per heavy atom. The molecule has 0 aliphatic carbocycles. The quantitative estimate of drug-likeness (QED) is 0.818. The summed E-state index contributed by atoms with van der Waals surface area (Å²) >= 11 is 3.45. The molecule has 0 aliphatic heterocycles. The second-order valence-corrected chi connectivity index (χ2v) is 5.80. The van der Waals surface area contributed by atoms with Crippen LogP contribution in [0.2, 0.25) is 0 Å². The number of rotatable bonds is 6. The standard InChI is InChI=1S/C14H22BrN/c1-11(2)4-5-12(3)16-10-13-6-8-14(15)9-7-13/h6-9,11-12,16H,4-5,10H2,1-3H3. The maximum Gasteiger partial charge on any atom is 0.0207 e. The van der Waals surface area contributed by atoms with Gasteiger partial charge in [0, 0.05) is 17.1 Å². The molecule has 0 bridgehead atoms. The van der Waals surface area contributed by atoms with Crippen LogP contribution >= 0.6 is 15.9 Å². The SMILES string of the molecule is CC(C)CCC(C)NCc1ccc(Br)cc1. The fourth-order valence-corrected chi connectivity index (χ4v) is 1.84. The molecule has 16 heavy (non-hydrogen) atoms. The lowest BCUT2D eigenvalue weighted by Gasteiger charge is -2.15. The first-order valence-corrected chi connectivity index (χ1v) is 6.85. The molecule has 0 amide bonds. The summed E-state index contributed by atoms with van der Waals surface area (Å²) in [6, 6.07) is 9.11. The van der Waals surface area contributed by atoms with E-state index in [0.717, 1.165) is 16.9 Å². The largest absolute Gasteiger partial charge is 0.310 e. The third kappa shape index (κ3) is 5.66. The van der Waals surface area contributed by atoms with Gasteiger partial charge in [-0.3, -0.25) is 0 Å². The van der Waals surface area contributed by atoms with E-state index in [4.69, 9.17) is 0 Å². The first-order valence-electron chi connectivity index (χ1n) is 6.05. The van der Waals surface area contributed by atoms with Crippen molar-refractivity contribution in [3.63, 3.8) is 0 Å². The summed E-state index contributed by atoms with van der Waals surface area (Å²) in [7, 11) is 0. The molecule has 0 radical (unpaired) electrons. The molecule has 1 aromatic carbocycles. The Hall–Kier alpha value is -0.340. The van der Waals surface area contributed by atoms with Gasteiger partial charge in [-0.05, 0) is 43.4 Å². The fourth-order valence-electron chi connectivity index (χ4n) is 1.58. The molecule has 0 spiro atoms. The van der Waals surface area contributed by atoms with Gasteiger partial charge in [-0.2, -0.15) is 0 Å². The van der Waals surface area contributed by atoms with Crippen molar-refractivity contribution in [3.8, 4) is 0 Å². The van der Waals surface area contributed by atoms with E-state index in [-0.39, 0.29) is 0 Å². The maximum atomic E-state index is 3.56. The summed E-state index contributed by atoms with van der Waals surface area (Å²) in [5.74, 6) is 0.803. The third-order valence-corrected chi connectivity index (χ3v) is 3.27. The molecule has 0 fully saturated rings. The van der Waals surface area contributed by atoms with Crippen LogP contribution in [0.3, 0.4) is 0 Å². The number of benzene rings is 1. The Labute approximate surface area is 108 Å². The predicted molar refractivity (Wildman–Crippen MR) is 74.5 cm³/mol. The van der Waals surface area contributed by atoms with E-state index < -0.39 is 0 Å². The van der Waals surface area contributed by atoms with Crippen LogP contribution in [-0.4, -0.2) is 6.04 Å². The van der Waals surface area contributed by atoms with Gasteiger partial charge in [-0.1, -0.05) is 41.9 Å². The molecule has 90 valence electrons. The van der Waals surface area contributed by atoms with Gasteiger partial charge >= 0.3 is 0 Å². The number of hydrogen-bond donors (Lipinski definition) is 1. The fraction of sp³-hybridized carbons (Fsp3) is 0.571. The zero-order valence-corrected chi connectivity index (χ0v) is 12.0. The van der Waals surface area contributed by atoms with Crippen LogP contribution < -0.4 is 5.32 Å². The van der Waals surface area contributed by atoms with Gasteiger partial charge in [0.1, 0.15) is 0 Å². The summed E-state index contributed by atoms with van der Waals surface area (Å²) in [5, 5.41) is 3.56. The molecule has 2 heteroatoms. The van der Waals surface area contributed by atoms with Crippen molar-refractivity contribution in [1.29, 1.82) is 0 Å². The Morgan fingerprint density at radius 1 is 1.06 bits per heavy atom. The second kappa shape index (κ2) is 7.08. The Balaban J connectivity index is 2.26. The molecule has 1 aromatic rings. The lowest BCUT2D eigenvalue weighted by Crippen LogP contribution is -2.25. The zero-order chi connectivity index (χ0) is 12.0. The van der Waals surface area contributed by atoms with Gasteiger partial charge in [0.25, 0.3) is 0 Å². The molecule has 1 atom stereocenters. The van der Waals surface area contributed by atoms with Crippen molar-refractivity contribution in [2.75, 3.05) is 0 Å². The summed E-state index contributed by atoms with van der Waals surface area (Å²) in [4.78, 5) is 0. The van der Waals surface area contributed by atoms with Gasteiger partial charge in [0.15, 0.2) is 0 Å². The Kier molecular flexibility index (Phi) is 6.07. The van der Waals surface area contributed by atoms with E-state index in [1.165, 1.54) is 18.4 Å². The first-order chi connectivity index (χ1) is 7.58. The molecule has 0 saturated heterocycles. The van der Waals surface area contributed by atoms with Crippen molar-refractivity contribution >= 4 is 15.9 Å². The van der Waals surface area contributed by atoms with Gasteiger partial charge < -0.3 is 5.32 Å².